The smallest absolute Gasteiger partial charge is 0.257 e. The molecule has 0 fully saturated rings. The van der Waals surface area contributed by atoms with Gasteiger partial charge in [0, 0.05) is 23.6 Å². The van der Waals surface area contributed by atoms with E-state index in [4.69, 9.17) is 5.73 Å². The summed E-state index contributed by atoms with van der Waals surface area (Å²) in [6.07, 6.45) is 3.91. The minimum absolute atomic E-state index is 0.192. The first-order valence-electron chi connectivity index (χ1n) is 6.41. The Hall–Kier alpha value is -2.60. The van der Waals surface area contributed by atoms with Crippen molar-refractivity contribution in [2.24, 2.45) is 0 Å². The second-order valence-electron chi connectivity index (χ2n) is 4.56. The number of benzene rings is 1. The van der Waals surface area contributed by atoms with E-state index in [1.165, 1.54) is 11.3 Å². The van der Waals surface area contributed by atoms with E-state index in [9.17, 15) is 4.79 Å². The molecule has 3 rings (SSSR count). The first kappa shape index (κ1) is 13.4. The summed E-state index contributed by atoms with van der Waals surface area (Å²) in [6.45, 7) is 1.81. The lowest BCUT2D eigenvalue weighted by Gasteiger charge is -2.05. The average Bonchev–Trinajstić information content (AvgIpc) is 3.10. The van der Waals surface area contributed by atoms with E-state index in [0.717, 1.165) is 11.4 Å². The molecule has 0 saturated heterocycles. The fraction of sp³-hybridized carbons (Fsp3) is 0.0667. The highest BCUT2D eigenvalue weighted by Crippen LogP contribution is 2.24. The van der Waals surface area contributed by atoms with Crippen molar-refractivity contribution < 1.29 is 4.79 Å². The summed E-state index contributed by atoms with van der Waals surface area (Å²) in [6, 6.07) is 11.3. The Morgan fingerprint density at radius 2 is 1.90 bits per heavy atom. The Morgan fingerprint density at radius 3 is 2.48 bits per heavy atom. The van der Waals surface area contributed by atoms with Gasteiger partial charge in [0.1, 0.15) is 5.00 Å². The van der Waals surface area contributed by atoms with Gasteiger partial charge < -0.3 is 10.3 Å². The molecule has 1 aromatic carbocycles. The second-order valence-corrected chi connectivity index (χ2v) is 5.59. The van der Waals surface area contributed by atoms with Crippen molar-refractivity contribution in [1.29, 1.82) is 0 Å². The predicted molar refractivity (Wildman–Crippen MR) is 85.0 cm³/mol. The van der Waals surface area contributed by atoms with E-state index in [0.29, 0.717) is 15.7 Å². The van der Waals surface area contributed by atoms with Crippen LogP contribution < -0.4 is 11.1 Å². The Balaban J connectivity index is 1.76. The maximum Gasteiger partial charge on any atom is 0.257 e. The first-order valence-corrected chi connectivity index (χ1v) is 7.23. The minimum Gasteiger partial charge on any atom is -0.389 e. The van der Waals surface area contributed by atoms with Crippen molar-refractivity contribution in [2.75, 3.05) is 11.1 Å². The quantitative estimate of drug-likeness (QED) is 0.780. The Bertz CT molecular complexity index is 740. The lowest BCUT2D eigenvalue weighted by atomic mass is 10.2. The third kappa shape index (κ3) is 2.80. The molecule has 0 saturated carbocycles. The lowest BCUT2D eigenvalue weighted by Crippen LogP contribution is -2.11. The van der Waals surface area contributed by atoms with Crippen LogP contribution >= 0.6 is 11.3 Å². The number of aromatic nitrogens is 2. The molecule has 3 N–H and O–H groups in total. The zero-order valence-corrected chi connectivity index (χ0v) is 12.2. The number of nitrogens with one attached hydrogen (secondary N) is 1. The van der Waals surface area contributed by atoms with E-state index in [-0.39, 0.29) is 5.91 Å². The monoisotopic (exact) mass is 298 g/mol. The van der Waals surface area contributed by atoms with Gasteiger partial charge in [0.2, 0.25) is 0 Å². The Labute approximate surface area is 126 Å². The predicted octanol–water partition coefficient (Wildman–Crippen LogP) is 3.08. The summed E-state index contributed by atoms with van der Waals surface area (Å²) in [4.78, 5) is 16.3. The van der Waals surface area contributed by atoms with Crippen molar-refractivity contribution in [3.05, 3.63) is 60.0 Å². The van der Waals surface area contributed by atoms with Crippen molar-refractivity contribution >= 4 is 27.4 Å². The van der Waals surface area contributed by atoms with Crippen molar-refractivity contribution in [3.8, 4) is 5.69 Å². The van der Waals surface area contributed by atoms with Crippen LogP contribution in [0.1, 0.15) is 16.1 Å². The molecule has 3 aromatic rings. The summed E-state index contributed by atoms with van der Waals surface area (Å²) >= 11 is 1.27. The molecule has 0 aliphatic rings. The minimum atomic E-state index is -0.192. The number of carbonyl (C=O) groups excluding carboxylic acids is 1. The number of carbonyl (C=O) groups is 1. The number of aryl methyl sites for hydroxylation is 1. The standard InChI is InChI=1S/C15H14N4OS/c1-10-13(16)21-15(17-10)18-14(20)11-4-6-12(7-5-11)19-8-2-3-9-19/h2-9H,16H2,1H3,(H,17,18,20). The van der Waals surface area contributed by atoms with Crippen LogP contribution in [0, 0.1) is 6.92 Å². The van der Waals surface area contributed by atoms with Gasteiger partial charge in [-0.1, -0.05) is 11.3 Å². The molecule has 0 bridgehead atoms. The molecule has 2 heterocycles. The first-order chi connectivity index (χ1) is 10.1. The Morgan fingerprint density at radius 1 is 1.24 bits per heavy atom. The molecular weight excluding hydrogens is 284 g/mol. The molecule has 6 heteroatoms. The number of thiazole rings is 1. The molecular formula is C15H14N4OS. The van der Waals surface area contributed by atoms with Crippen molar-refractivity contribution in [1.82, 2.24) is 9.55 Å². The molecule has 106 valence electrons. The summed E-state index contributed by atoms with van der Waals surface area (Å²) < 4.78 is 1.98. The number of rotatable bonds is 3. The summed E-state index contributed by atoms with van der Waals surface area (Å²) in [5, 5.41) is 3.89. The van der Waals surface area contributed by atoms with Gasteiger partial charge in [-0.2, -0.15) is 0 Å². The number of nitrogen functional groups attached to an aromatic ring is 1. The average molecular weight is 298 g/mol. The third-order valence-corrected chi connectivity index (χ3v) is 3.99. The van der Waals surface area contributed by atoms with Crippen LogP contribution in [0.25, 0.3) is 5.69 Å². The zero-order chi connectivity index (χ0) is 14.8. The number of nitrogens with two attached hydrogens (primary N) is 1. The van der Waals surface area contributed by atoms with E-state index in [2.05, 4.69) is 10.3 Å². The van der Waals surface area contributed by atoms with Gasteiger partial charge in [-0.3, -0.25) is 10.1 Å². The van der Waals surface area contributed by atoms with Crippen LogP contribution in [-0.4, -0.2) is 15.5 Å². The molecule has 5 nitrogen and oxygen atoms in total. The SMILES string of the molecule is Cc1nc(NC(=O)c2ccc(-n3cccc3)cc2)sc1N. The molecule has 21 heavy (non-hydrogen) atoms. The maximum absolute atomic E-state index is 12.1. The summed E-state index contributed by atoms with van der Waals surface area (Å²) in [5.74, 6) is -0.192. The van der Waals surface area contributed by atoms with Gasteiger partial charge in [0.05, 0.1) is 5.69 Å². The summed E-state index contributed by atoms with van der Waals surface area (Å²) in [7, 11) is 0. The maximum atomic E-state index is 12.1. The molecule has 0 aliphatic carbocycles. The van der Waals surface area contributed by atoms with Gasteiger partial charge in [0.25, 0.3) is 5.91 Å². The molecule has 0 atom stereocenters. The van der Waals surface area contributed by atoms with Gasteiger partial charge in [-0.05, 0) is 43.3 Å². The highest BCUT2D eigenvalue weighted by atomic mass is 32.1. The van der Waals surface area contributed by atoms with Crippen molar-refractivity contribution in [3.63, 3.8) is 0 Å². The number of amides is 1. The highest BCUT2D eigenvalue weighted by molar-refractivity contribution is 7.19. The van der Waals surface area contributed by atoms with E-state index >= 15 is 0 Å². The Kier molecular flexibility index (Phi) is 3.45. The molecule has 0 aliphatic heterocycles. The van der Waals surface area contributed by atoms with Crippen LogP contribution in [-0.2, 0) is 0 Å². The van der Waals surface area contributed by atoms with Crippen LogP contribution in [0.2, 0.25) is 0 Å². The van der Waals surface area contributed by atoms with Crippen LogP contribution in [0.3, 0.4) is 0 Å². The third-order valence-electron chi connectivity index (χ3n) is 3.09. The molecule has 0 spiro atoms. The lowest BCUT2D eigenvalue weighted by molar-refractivity contribution is 0.102. The van der Waals surface area contributed by atoms with Gasteiger partial charge in [-0.25, -0.2) is 4.98 Å². The topological polar surface area (TPSA) is 72.9 Å². The molecule has 0 unspecified atom stereocenters. The van der Waals surface area contributed by atoms with Crippen LogP contribution in [0.5, 0.6) is 0 Å². The fourth-order valence-corrected chi connectivity index (χ4v) is 2.65. The number of nitrogens with zero attached hydrogens (tertiary/aromatic N) is 2. The van der Waals surface area contributed by atoms with Gasteiger partial charge in [0.15, 0.2) is 5.13 Å². The van der Waals surface area contributed by atoms with Gasteiger partial charge >= 0.3 is 0 Å². The van der Waals surface area contributed by atoms with Crippen molar-refractivity contribution in [2.45, 2.75) is 6.92 Å². The van der Waals surface area contributed by atoms with E-state index < -0.39 is 0 Å². The normalized spacial score (nSPS) is 10.5. The largest absolute Gasteiger partial charge is 0.389 e. The highest BCUT2D eigenvalue weighted by Gasteiger charge is 2.10. The van der Waals surface area contributed by atoms with Crippen LogP contribution in [0.4, 0.5) is 10.1 Å². The molecule has 2 aromatic heterocycles. The van der Waals surface area contributed by atoms with Crippen LogP contribution in [0.15, 0.2) is 48.8 Å². The molecule has 1 amide bonds. The number of hydrogen-bond donors (Lipinski definition) is 2. The van der Waals surface area contributed by atoms with E-state index in [1.807, 2.05) is 48.1 Å². The van der Waals surface area contributed by atoms with E-state index in [1.54, 1.807) is 12.1 Å². The van der Waals surface area contributed by atoms with Gasteiger partial charge in [-0.15, -0.1) is 0 Å². The second kappa shape index (κ2) is 5.41. The number of hydrogen-bond acceptors (Lipinski definition) is 4. The molecule has 0 radical (unpaired) electrons. The summed E-state index contributed by atoms with van der Waals surface area (Å²) in [5.41, 5.74) is 8.05. The zero-order valence-electron chi connectivity index (χ0n) is 11.4. The number of anilines is 2. The fourth-order valence-electron chi connectivity index (χ4n) is 1.92.